The van der Waals surface area contributed by atoms with Gasteiger partial charge in [0.2, 0.25) is 0 Å². The first-order chi connectivity index (χ1) is 13.7. The predicted octanol–water partition coefficient (Wildman–Crippen LogP) is 2.16. The molecule has 1 saturated heterocycles. The minimum atomic E-state index is -3.50. The maximum atomic E-state index is 12.9. The van der Waals surface area contributed by atoms with Crippen LogP contribution in [0.4, 0.5) is 5.82 Å². The van der Waals surface area contributed by atoms with Crippen LogP contribution in [-0.2, 0) is 23.1 Å². The predicted molar refractivity (Wildman–Crippen MR) is 115 cm³/mol. The summed E-state index contributed by atoms with van der Waals surface area (Å²) in [6, 6.07) is 0. The molecule has 1 aliphatic heterocycles. The fraction of sp³-hybridized carbons (Fsp3) is 0.688. The zero-order valence-electron chi connectivity index (χ0n) is 17.1. The number of carbonyl (C=O) groups excluding carboxylic acids is 1. The van der Waals surface area contributed by atoms with Crippen molar-refractivity contribution in [3.05, 3.63) is 22.2 Å². The fourth-order valence-corrected chi connectivity index (χ4v) is 5.31. The van der Waals surface area contributed by atoms with Crippen molar-refractivity contribution in [1.82, 2.24) is 14.2 Å². The van der Waals surface area contributed by atoms with E-state index in [2.05, 4.69) is 10.3 Å². The van der Waals surface area contributed by atoms with Gasteiger partial charge in [-0.2, -0.15) is 4.98 Å². The molecule has 0 bridgehead atoms. The van der Waals surface area contributed by atoms with E-state index in [-0.39, 0.29) is 18.3 Å². The highest BCUT2D eigenvalue weighted by atomic mass is 32.2. The fourth-order valence-electron chi connectivity index (χ4n) is 2.46. The van der Waals surface area contributed by atoms with Crippen LogP contribution in [0.3, 0.4) is 0 Å². The Balaban J connectivity index is 1.93. The molecule has 1 aromatic heterocycles. The molecule has 3 atom stereocenters. The Morgan fingerprint density at radius 3 is 2.86 bits per heavy atom. The number of carbonyl (C=O) groups is 1. The van der Waals surface area contributed by atoms with Gasteiger partial charge in [-0.1, -0.05) is 11.8 Å². The smallest absolute Gasteiger partial charge is 0.373 e. The SMILES string of the molecule is CNc1nc(=O)n([C@@H]2CS[C@H](COP(=O)(OCCSC(C)=O)N(C)C)O2)cc1C. The summed E-state index contributed by atoms with van der Waals surface area (Å²) >= 11 is 2.56. The molecule has 1 aromatic rings. The van der Waals surface area contributed by atoms with Crippen LogP contribution in [0.2, 0.25) is 0 Å². The van der Waals surface area contributed by atoms with Gasteiger partial charge in [-0.25, -0.2) is 14.0 Å². The summed E-state index contributed by atoms with van der Waals surface area (Å²) in [5.74, 6) is 1.46. The number of aromatic nitrogens is 2. The van der Waals surface area contributed by atoms with Gasteiger partial charge in [-0.15, -0.1) is 11.8 Å². The van der Waals surface area contributed by atoms with Crippen molar-refractivity contribution in [2.75, 3.05) is 51.2 Å². The van der Waals surface area contributed by atoms with Gasteiger partial charge in [-0.3, -0.25) is 18.4 Å². The Hall–Kier alpha value is -0.880. The molecular formula is C16H27N4O6PS2. The Morgan fingerprint density at radius 1 is 1.52 bits per heavy atom. The van der Waals surface area contributed by atoms with Gasteiger partial charge < -0.3 is 10.1 Å². The monoisotopic (exact) mass is 466 g/mol. The third-order valence-corrected chi connectivity index (χ3v) is 7.76. The molecule has 0 spiro atoms. The molecule has 2 rings (SSSR count). The molecule has 29 heavy (non-hydrogen) atoms. The lowest BCUT2D eigenvalue weighted by molar-refractivity contribution is -0.109. The van der Waals surface area contributed by atoms with E-state index in [9.17, 15) is 14.2 Å². The van der Waals surface area contributed by atoms with Crippen LogP contribution < -0.4 is 11.0 Å². The number of ether oxygens (including phenoxy) is 1. The first-order valence-electron chi connectivity index (χ1n) is 8.91. The molecule has 164 valence electrons. The maximum absolute atomic E-state index is 12.9. The number of hydrogen-bond donors (Lipinski definition) is 1. The largest absolute Gasteiger partial charge is 0.407 e. The highest BCUT2D eigenvalue weighted by molar-refractivity contribution is 8.13. The number of rotatable bonds is 10. The van der Waals surface area contributed by atoms with Crippen LogP contribution in [0.25, 0.3) is 0 Å². The number of thioether (sulfide) groups is 2. The Labute approximate surface area is 178 Å². The summed E-state index contributed by atoms with van der Waals surface area (Å²) in [5.41, 5.74) is 0.0198. The van der Waals surface area contributed by atoms with Gasteiger partial charge >= 0.3 is 13.4 Å². The van der Waals surface area contributed by atoms with Gasteiger partial charge in [-0.05, 0) is 21.0 Å². The van der Waals surface area contributed by atoms with E-state index < -0.39 is 25.1 Å². The molecule has 1 N–H and O–H groups in total. The maximum Gasteiger partial charge on any atom is 0.407 e. The first-order valence-corrected chi connectivity index (χ1v) is 12.4. The van der Waals surface area contributed by atoms with Crippen molar-refractivity contribution in [1.29, 1.82) is 0 Å². The van der Waals surface area contributed by atoms with Crippen molar-refractivity contribution in [3.8, 4) is 0 Å². The molecular weight excluding hydrogens is 439 g/mol. The number of hydrogen-bond acceptors (Lipinski definition) is 10. The van der Waals surface area contributed by atoms with Gasteiger partial charge in [0.1, 0.15) is 17.5 Å². The van der Waals surface area contributed by atoms with Crippen LogP contribution in [0.1, 0.15) is 18.7 Å². The Bertz CT molecular complexity index is 821. The van der Waals surface area contributed by atoms with Gasteiger partial charge in [0.15, 0.2) is 5.12 Å². The Kier molecular flexibility index (Phi) is 9.20. The molecule has 0 amide bonds. The molecule has 10 nitrogen and oxygen atoms in total. The van der Waals surface area contributed by atoms with Crippen LogP contribution >= 0.6 is 31.3 Å². The zero-order valence-corrected chi connectivity index (χ0v) is 19.6. The second kappa shape index (κ2) is 10.9. The molecule has 0 aliphatic carbocycles. The van der Waals surface area contributed by atoms with E-state index in [4.69, 9.17) is 13.8 Å². The third kappa shape index (κ3) is 6.81. The molecule has 1 fully saturated rings. The minimum Gasteiger partial charge on any atom is -0.373 e. The number of aryl methyl sites for hydroxylation is 1. The van der Waals surface area contributed by atoms with Crippen LogP contribution in [0.5, 0.6) is 0 Å². The summed E-state index contributed by atoms with van der Waals surface area (Å²) < 4.78 is 32.6. The summed E-state index contributed by atoms with van der Waals surface area (Å²) in [4.78, 5) is 27.2. The first kappa shape index (κ1) is 24.4. The van der Waals surface area contributed by atoms with Crippen molar-refractivity contribution in [2.24, 2.45) is 0 Å². The lowest BCUT2D eigenvalue weighted by Gasteiger charge is -2.25. The van der Waals surface area contributed by atoms with E-state index in [1.54, 1.807) is 27.3 Å². The van der Waals surface area contributed by atoms with Gasteiger partial charge in [0.05, 0.1) is 13.2 Å². The average molecular weight is 467 g/mol. The molecule has 2 heterocycles. The highest BCUT2D eigenvalue weighted by Crippen LogP contribution is 2.51. The van der Waals surface area contributed by atoms with Gasteiger partial charge in [0.25, 0.3) is 0 Å². The van der Waals surface area contributed by atoms with E-state index in [0.717, 1.165) is 17.3 Å². The average Bonchev–Trinajstić information content (AvgIpc) is 3.13. The number of nitrogens with one attached hydrogen (secondary N) is 1. The summed E-state index contributed by atoms with van der Waals surface area (Å²) in [7, 11) is 1.41. The third-order valence-electron chi connectivity index (χ3n) is 3.92. The Morgan fingerprint density at radius 2 is 2.24 bits per heavy atom. The van der Waals surface area contributed by atoms with E-state index in [1.165, 1.54) is 27.9 Å². The lowest BCUT2D eigenvalue weighted by Crippen LogP contribution is -2.29. The molecule has 1 unspecified atom stereocenters. The zero-order chi connectivity index (χ0) is 21.6. The van der Waals surface area contributed by atoms with E-state index in [1.807, 2.05) is 6.92 Å². The van der Waals surface area contributed by atoms with Crippen molar-refractivity contribution in [2.45, 2.75) is 25.5 Å². The quantitative estimate of drug-likeness (QED) is 0.404. The summed E-state index contributed by atoms with van der Waals surface area (Å²) in [6.07, 6.45) is 1.22. The van der Waals surface area contributed by atoms with E-state index >= 15 is 0 Å². The van der Waals surface area contributed by atoms with Crippen LogP contribution in [-0.4, -0.2) is 70.6 Å². The lowest BCUT2D eigenvalue weighted by atomic mass is 10.3. The van der Waals surface area contributed by atoms with Crippen molar-refractivity contribution >= 4 is 42.2 Å². The highest BCUT2D eigenvalue weighted by Gasteiger charge is 2.34. The molecule has 0 aromatic carbocycles. The minimum absolute atomic E-state index is 0.0290. The molecule has 0 radical (unpaired) electrons. The second-order valence-electron chi connectivity index (χ2n) is 6.35. The number of anilines is 1. The topological polar surface area (TPSA) is 112 Å². The van der Waals surface area contributed by atoms with Gasteiger partial charge in [0, 0.05) is 37.2 Å². The normalized spacial score (nSPS) is 21.3. The van der Waals surface area contributed by atoms with Crippen molar-refractivity contribution in [3.63, 3.8) is 0 Å². The van der Waals surface area contributed by atoms with E-state index in [0.29, 0.717) is 17.3 Å². The summed E-state index contributed by atoms with van der Waals surface area (Å²) in [6.45, 7) is 3.48. The van der Waals surface area contributed by atoms with Crippen LogP contribution in [0, 0.1) is 6.92 Å². The summed E-state index contributed by atoms with van der Waals surface area (Å²) in [5, 5.41) is 2.85. The number of nitrogens with zero attached hydrogens (tertiary/aromatic N) is 3. The second-order valence-corrected chi connectivity index (χ2v) is 11.1. The standard InChI is InChI=1S/C16H27N4O6PS2/c1-11-8-20(16(22)18-15(11)17-3)13-10-29-14(26-13)9-25-27(23,19(4)5)24-6-7-28-12(2)21/h8,13-14H,6-7,9-10H2,1-5H3,(H,17,18,22)/t13-,14+,27?/m0/s1. The van der Waals surface area contributed by atoms with Crippen LogP contribution in [0.15, 0.2) is 11.0 Å². The molecule has 0 saturated carbocycles. The molecule has 1 aliphatic rings. The molecule has 13 heteroatoms. The van der Waals surface area contributed by atoms with Crippen molar-refractivity contribution < 1.29 is 23.1 Å².